The van der Waals surface area contributed by atoms with Crippen LogP contribution in [0.1, 0.15) is 24.9 Å². The molecule has 1 atom stereocenters. The fourth-order valence-corrected chi connectivity index (χ4v) is 2.04. The second kappa shape index (κ2) is 6.17. The smallest absolute Gasteiger partial charge is 0.165 e. The van der Waals surface area contributed by atoms with Crippen molar-refractivity contribution in [3.8, 4) is 11.5 Å². The Morgan fingerprint density at radius 1 is 1.21 bits per heavy atom. The Morgan fingerprint density at radius 3 is 2.53 bits per heavy atom. The predicted molar refractivity (Wildman–Crippen MR) is 77.8 cm³/mol. The van der Waals surface area contributed by atoms with Crippen molar-refractivity contribution in [1.29, 1.82) is 0 Å². The zero-order valence-electron chi connectivity index (χ0n) is 10.6. The number of ether oxygens (including phenoxy) is 1. The lowest BCUT2D eigenvalue weighted by Crippen LogP contribution is -2.08. The van der Waals surface area contributed by atoms with Crippen LogP contribution < -0.4 is 10.5 Å². The van der Waals surface area contributed by atoms with E-state index in [4.69, 9.17) is 10.5 Å². The first-order valence-electron chi connectivity index (χ1n) is 6.08. The summed E-state index contributed by atoms with van der Waals surface area (Å²) in [6, 6.07) is 12.0. The Morgan fingerprint density at radius 2 is 1.89 bits per heavy atom. The first kappa shape index (κ1) is 14.0. The second-order valence-electron chi connectivity index (χ2n) is 4.26. The van der Waals surface area contributed by atoms with Crippen LogP contribution in [0.4, 0.5) is 4.39 Å². The summed E-state index contributed by atoms with van der Waals surface area (Å²) in [5, 5.41) is 0. The van der Waals surface area contributed by atoms with E-state index in [2.05, 4.69) is 15.9 Å². The van der Waals surface area contributed by atoms with E-state index >= 15 is 0 Å². The number of hydrogen-bond donors (Lipinski definition) is 1. The van der Waals surface area contributed by atoms with Gasteiger partial charge in [-0.25, -0.2) is 4.39 Å². The second-order valence-corrected chi connectivity index (χ2v) is 5.18. The lowest BCUT2D eigenvalue weighted by atomic mass is 10.1. The molecule has 0 saturated carbocycles. The number of nitrogens with two attached hydrogens (primary N) is 1. The average molecular weight is 324 g/mol. The van der Waals surface area contributed by atoms with Crippen LogP contribution in [0.5, 0.6) is 11.5 Å². The fourth-order valence-electron chi connectivity index (χ4n) is 1.70. The molecule has 0 aliphatic heterocycles. The topological polar surface area (TPSA) is 35.2 Å². The van der Waals surface area contributed by atoms with Gasteiger partial charge >= 0.3 is 0 Å². The van der Waals surface area contributed by atoms with Gasteiger partial charge in [0.1, 0.15) is 5.75 Å². The first-order valence-corrected chi connectivity index (χ1v) is 6.88. The standard InChI is InChI=1S/C15H15BrFNO/c1-2-14(18)10-3-6-12(7-4-10)19-15-9-11(16)5-8-13(15)17/h3-9,14H,2,18H2,1H3. The third kappa shape index (κ3) is 3.55. The molecule has 4 heteroatoms. The van der Waals surface area contributed by atoms with Crippen molar-refractivity contribution in [2.45, 2.75) is 19.4 Å². The Balaban J connectivity index is 2.17. The van der Waals surface area contributed by atoms with Gasteiger partial charge in [-0.1, -0.05) is 35.0 Å². The van der Waals surface area contributed by atoms with Crippen LogP contribution in [-0.2, 0) is 0 Å². The summed E-state index contributed by atoms with van der Waals surface area (Å²) in [6.45, 7) is 2.03. The summed E-state index contributed by atoms with van der Waals surface area (Å²) in [5.74, 6) is 0.392. The molecule has 2 aromatic rings. The van der Waals surface area contributed by atoms with Crippen LogP contribution in [0.15, 0.2) is 46.9 Å². The van der Waals surface area contributed by atoms with Gasteiger partial charge in [-0.3, -0.25) is 0 Å². The summed E-state index contributed by atoms with van der Waals surface area (Å²) in [7, 11) is 0. The van der Waals surface area contributed by atoms with Crippen molar-refractivity contribution in [1.82, 2.24) is 0 Å². The minimum Gasteiger partial charge on any atom is -0.454 e. The van der Waals surface area contributed by atoms with Crippen LogP contribution in [-0.4, -0.2) is 0 Å². The normalized spacial score (nSPS) is 12.2. The van der Waals surface area contributed by atoms with Crippen LogP contribution in [0.2, 0.25) is 0 Å². The Bertz CT molecular complexity index is 557. The minimum atomic E-state index is -0.391. The van der Waals surface area contributed by atoms with Gasteiger partial charge in [-0.15, -0.1) is 0 Å². The fraction of sp³-hybridized carbons (Fsp3) is 0.200. The molecule has 0 fully saturated rings. The molecule has 0 amide bonds. The van der Waals surface area contributed by atoms with Gasteiger partial charge in [0.25, 0.3) is 0 Å². The summed E-state index contributed by atoms with van der Waals surface area (Å²) >= 11 is 3.29. The SMILES string of the molecule is CCC(N)c1ccc(Oc2cc(Br)ccc2F)cc1. The van der Waals surface area contributed by atoms with Crippen LogP contribution in [0, 0.1) is 5.82 Å². The number of rotatable bonds is 4. The highest BCUT2D eigenvalue weighted by Crippen LogP contribution is 2.28. The number of hydrogen-bond acceptors (Lipinski definition) is 2. The maximum atomic E-state index is 13.6. The lowest BCUT2D eigenvalue weighted by molar-refractivity contribution is 0.441. The molecule has 0 aliphatic rings. The van der Waals surface area contributed by atoms with Crippen molar-refractivity contribution < 1.29 is 9.13 Å². The van der Waals surface area contributed by atoms with Gasteiger partial charge in [0.15, 0.2) is 11.6 Å². The van der Waals surface area contributed by atoms with E-state index in [0.29, 0.717) is 5.75 Å². The summed E-state index contributed by atoms with van der Waals surface area (Å²) in [5.41, 5.74) is 6.98. The molecule has 0 aliphatic carbocycles. The van der Waals surface area contributed by atoms with E-state index in [9.17, 15) is 4.39 Å². The molecule has 0 aromatic heterocycles. The third-order valence-electron chi connectivity index (χ3n) is 2.87. The van der Waals surface area contributed by atoms with E-state index in [0.717, 1.165) is 16.5 Å². The van der Waals surface area contributed by atoms with Gasteiger partial charge in [0.05, 0.1) is 0 Å². The first-order chi connectivity index (χ1) is 9.10. The van der Waals surface area contributed by atoms with Gasteiger partial charge < -0.3 is 10.5 Å². The quantitative estimate of drug-likeness (QED) is 0.877. The third-order valence-corrected chi connectivity index (χ3v) is 3.36. The van der Waals surface area contributed by atoms with E-state index in [1.165, 1.54) is 6.07 Å². The van der Waals surface area contributed by atoms with Gasteiger partial charge in [0, 0.05) is 10.5 Å². The molecule has 0 spiro atoms. The van der Waals surface area contributed by atoms with Crippen molar-refractivity contribution >= 4 is 15.9 Å². The van der Waals surface area contributed by atoms with Crippen LogP contribution in [0.3, 0.4) is 0 Å². The average Bonchev–Trinajstić information content (AvgIpc) is 2.43. The van der Waals surface area contributed by atoms with E-state index in [1.54, 1.807) is 24.3 Å². The van der Waals surface area contributed by atoms with Crippen LogP contribution >= 0.6 is 15.9 Å². The van der Waals surface area contributed by atoms with E-state index < -0.39 is 5.82 Å². The minimum absolute atomic E-state index is 0.0247. The lowest BCUT2D eigenvalue weighted by Gasteiger charge is -2.11. The van der Waals surface area contributed by atoms with E-state index in [1.807, 2.05) is 19.1 Å². The van der Waals surface area contributed by atoms with Crippen molar-refractivity contribution in [2.75, 3.05) is 0 Å². The van der Waals surface area contributed by atoms with Crippen molar-refractivity contribution in [3.05, 3.63) is 58.3 Å². The Hall–Kier alpha value is -1.39. The largest absolute Gasteiger partial charge is 0.454 e. The van der Waals surface area contributed by atoms with Gasteiger partial charge in [-0.2, -0.15) is 0 Å². The monoisotopic (exact) mass is 323 g/mol. The Labute approximate surface area is 120 Å². The molecule has 0 radical (unpaired) electrons. The maximum absolute atomic E-state index is 13.6. The molecule has 2 rings (SSSR count). The molecule has 0 saturated heterocycles. The summed E-state index contributed by atoms with van der Waals surface area (Å²) in [6.07, 6.45) is 0.875. The van der Waals surface area contributed by atoms with Crippen LogP contribution in [0.25, 0.3) is 0 Å². The highest BCUT2D eigenvalue weighted by molar-refractivity contribution is 9.10. The van der Waals surface area contributed by atoms with Crippen molar-refractivity contribution in [2.24, 2.45) is 5.73 Å². The zero-order chi connectivity index (χ0) is 13.8. The van der Waals surface area contributed by atoms with Gasteiger partial charge in [0.2, 0.25) is 0 Å². The molecule has 0 heterocycles. The molecular weight excluding hydrogens is 309 g/mol. The highest BCUT2D eigenvalue weighted by atomic mass is 79.9. The zero-order valence-corrected chi connectivity index (χ0v) is 12.2. The number of halogens is 2. The Kier molecular flexibility index (Phi) is 4.56. The van der Waals surface area contributed by atoms with E-state index in [-0.39, 0.29) is 11.8 Å². The molecule has 100 valence electrons. The molecule has 19 heavy (non-hydrogen) atoms. The predicted octanol–water partition coefficient (Wildman–Crippen LogP) is 4.79. The molecule has 1 unspecified atom stereocenters. The summed E-state index contributed by atoms with van der Waals surface area (Å²) in [4.78, 5) is 0. The maximum Gasteiger partial charge on any atom is 0.165 e. The molecular formula is C15H15BrFNO. The molecule has 2 aromatic carbocycles. The number of benzene rings is 2. The summed E-state index contributed by atoms with van der Waals surface area (Å²) < 4.78 is 19.8. The molecule has 2 N–H and O–H groups in total. The molecule has 0 bridgehead atoms. The van der Waals surface area contributed by atoms with Gasteiger partial charge in [-0.05, 0) is 42.3 Å². The highest BCUT2D eigenvalue weighted by Gasteiger charge is 2.07. The molecule has 2 nitrogen and oxygen atoms in total. The van der Waals surface area contributed by atoms with Crippen molar-refractivity contribution in [3.63, 3.8) is 0 Å².